The van der Waals surface area contributed by atoms with Gasteiger partial charge >= 0.3 is 0 Å². The predicted molar refractivity (Wildman–Crippen MR) is 95.1 cm³/mol. The summed E-state index contributed by atoms with van der Waals surface area (Å²) in [5.41, 5.74) is 3.96. The van der Waals surface area contributed by atoms with Gasteiger partial charge in [0.25, 0.3) is 0 Å². The van der Waals surface area contributed by atoms with E-state index in [1.165, 1.54) is 0 Å². The summed E-state index contributed by atoms with van der Waals surface area (Å²) in [7, 11) is 0. The quantitative estimate of drug-likeness (QED) is 0.902. The zero-order valence-electron chi connectivity index (χ0n) is 14.2. The monoisotopic (exact) mass is 326 g/mol. The number of aryl methyl sites for hydroxylation is 2. The summed E-state index contributed by atoms with van der Waals surface area (Å²) < 4.78 is 11.0. The molecule has 0 spiro atoms. The Bertz CT molecular complexity index is 738. The van der Waals surface area contributed by atoms with E-state index in [0.29, 0.717) is 30.4 Å². The summed E-state index contributed by atoms with van der Waals surface area (Å²) in [6.45, 7) is 6.99. The Labute approximate surface area is 142 Å². The number of anilines is 2. The van der Waals surface area contributed by atoms with Crippen molar-refractivity contribution < 1.29 is 14.3 Å². The molecule has 2 aromatic rings. The highest BCUT2D eigenvalue weighted by atomic mass is 16.6. The Hall–Kier alpha value is -2.69. The third-order valence-corrected chi connectivity index (χ3v) is 3.81. The molecule has 1 aliphatic rings. The van der Waals surface area contributed by atoms with Gasteiger partial charge < -0.3 is 20.1 Å². The first-order valence-corrected chi connectivity index (χ1v) is 8.06. The number of hydrogen-bond donors (Lipinski definition) is 2. The van der Waals surface area contributed by atoms with Crippen LogP contribution in [0.1, 0.15) is 18.1 Å². The first-order chi connectivity index (χ1) is 11.5. The molecule has 0 aromatic heterocycles. The van der Waals surface area contributed by atoms with Crippen LogP contribution in [0.2, 0.25) is 0 Å². The van der Waals surface area contributed by atoms with E-state index >= 15 is 0 Å². The Morgan fingerprint density at radius 3 is 2.33 bits per heavy atom. The van der Waals surface area contributed by atoms with E-state index in [4.69, 9.17) is 9.47 Å². The maximum absolute atomic E-state index is 12.4. The number of fused-ring (bicyclic) bond motifs is 1. The Morgan fingerprint density at radius 1 is 0.958 bits per heavy atom. The molecule has 1 atom stereocenters. The molecular formula is C19H22N2O3. The second kappa shape index (κ2) is 6.83. The lowest BCUT2D eigenvalue weighted by atomic mass is 10.1. The zero-order chi connectivity index (χ0) is 17.1. The Balaban J connectivity index is 1.65. The summed E-state index contributed by atoms with van der Waals surface area (Å²) in [6.07, 6.45) is 0. The van der Waals surface area contributed by atoms with Gasteiger partial charge in [-0.25, -0.2) is 0 Å². The molecule has 126 valence electrons. The average molecular weight is 326 g/mol. The number of ether oxygens (including phenoxy) is 2. The number of hydrogen-bond acceptors (Lipinski definition) is 4. The standard InChI is InChI=1S/C19H22N2O3/c1-12-8-13(2)10-16(9-12)20-14(3)19(22)21-15-4-5-17-18(11-15)24-7-6-23-17/h4-5,8-11,14,20H,6-7H2,1-3H3,(H,21,22)/t14-/m0/s1. The molecule has 0 aliphatic carbocycles. The van der Waals surface area contributed by atoms with Gasteiger partial charge in [-0.3, -0.25) is 4.79 Å². The van der Waals surface area contributed by atoms with Crippen LogP contribution < -0.4 is 20.1 Å². The number of rotatable bonds is 4. The van der Waals surface area contributed by atoms with E-state index in [2.05, 4.69) is 16.7 Å². The molecule has 0 saturated heterocycles. The molecule has 0 unspecified atom stereocenters. The van der Waals surface area contributed by atoms with Crippen LogP contribution in [0, 0.1) is 13.8 Å². The van der Waals surface area contributed by atoms with E-state index in [1.807, 2.05) is 45.0 Å². The van der Waals surface area contributed by atoms with Gasteiger partial charge in [-0.15, -0.1) is 0 Å². The van der Waals surface area contributed by atoms with Crippen LogP contribution in [0.15, 0.2) is 36.4 Å². The summed E-state index contributed by atoms with van der Waals surface area (Å²) in [6, 6.07) is 11.2. The van der Waals surface area contributed by atoms with Crippen LogP contribution in [0.5, 0.6) is 11.5 Å². The summed E-state index contributed by atoms with van der Waals surface area (Å²) >= 11 is 0. The lowest BCUT2D eigenvalue weighted by molar-refractivity contribution is -0.116. The number of carbonyl (C=O) groups excluding carboxylic acids is 1. The van der Waals surface area contributed by atoms with Gasteiger partial charge in [-0.1, -0.05) is 6.07 Å². The van der Waals surface area contributed by atoms with Gasteiger partial charge in [0, 0.05) is 17.4 Å². The second-order valence-electron chi connectivity index (χ2n) is 6.09. The first-order valence-electron chi connectivity index (χ1n) is 8.06. The highest BCUT2D eigenvalue weighted by Crippen LogP contribution is 2.32. The van der Waals surface area contributed by atoms with E-state index in [1.54, 1.807) is 6.07 Å². The summed E-state index contributed by atoms with van der Waals surface area (Å²) in [4.78, 5) is 12.4. The van der Waals surface area contributed by atoms with Crippen molar-refractivity contribution in [3.63, 3.8) is 0 Å². The Morgan fingerprint density at radius 2 is 1.62 bits per heavy atom. The smallest absolute Gasteiger partial charge is 0.246 e. The van der Waals surface area contributed by atoms with Crippen LogP contribution >= 0.6 is 0 Å². The Kier molecular flexibility index (Phi) is 4.60. The first kappa shape index (κ1) is 16.2. The fourth-order valence-corrected chi connectivity index (χ4v) is 2.75. The van der Waals surface area contributed by atoms with E-state index in [-0.39, 0.29) is 11.9 Å². The molecule has 0 radical (unpaired) electrons. The molecule has 1 aliphatic heterocycles. The topological polar surface area (TPSA) is 59.6 Å². The van der Waals surface area contributed by atoms with Crippen LogP contribution in [0.25, 0.3) is 0 Å². The van der Waals surface area contributed by atoms with Crippen molar-refractivity contribution in [2.45, 2.75) is 26.8 Å². The van der Waals surface area contributed by atoms with Gasteiger partial charge in [0.05, 0.1) is 0 Å². The molecule has 0 fully saturated rings. The second-order valence-corrected chi connectivity index (χ2v) is 6.09. The lowest BCUT2D eigenvalue weighted by Crippen LogP contribution is -2.32. The molecule has 5 heteroatoms. The molecule has 24 heavy (non-hydrogen) atoms. The number of benzene rings is 2. The van der Waals surface area contributed by atoms with Gasteiger partial charge in [-0.05, 0) is 56.2 Å². The van der Waals surface area contributed by atoms with Crippen LogP contribution in [-0.2, 0) is 4.79 Å². The number of nitrogens with one attached hydrogen (secondary N) is 2. The molecule has 1 amide bonds. The van der Waals surface area contributed by atoms with Gasteiger partial charge in [0.15, 0.2) is 11.5 Å². The maximum atomic E-state index is 12.4. The predicted octanol–water partition coefficient (Wildman–Crippen LogP) is 3.51. The summed E-state index contributed by atoms with van der Waals surface area (Å²) in [5.74, 6) is 1.26. The minimum absolute atomic E-state index is 0.106. The minimum atomic E-state index is -0.362. The molecule has 1 heterocycles. The molecule has 3 rings (SSSR count). The number of amides is 1. The van der Waals surface area contributed by atoms with Crippen molar-refractivity contribution in [1.82, 2.24) is 0 Å². The van der Waals surface area contributed by atoms with Crippen LogP contribution in [0.3, 0.4) is 0 Å². The largest absolute Gasteiger partial charge is 0.486 e. The van der Waals surface area contributed by atoms with E-state index in [9.17, 15) is 4.79 Å². The highest BCUT2D eigenvalue weighted by molar-refractivity contribution is 5.96. The minimum Gasteiger partial charge on any atom is -0.486 e. The maximum Gasteiger partial charge on any atom is 0.246 e. The van der Waals surface area contributed by atoms with Crippen molar-refractivity contribution in [2.75, 3.05) is 23.8 Å². The number of carbonyl (C=O) groups is 1. The van der Waals surface area contributed by atoms with Crippen molar-refractivity contribution in [2.24, 2.45) is 0 Å². The van der Waals surface area contributed by atoms with Gasteiger partial charge in [0.1, 0.15) is 19.3 Å². The zero-order valence-corrected chi connectivity index (χ0v) is 14.2. The molecule has 0 saturated carbocycles. The molecule has 2 N–H and O–H groups in total. The van der Waals surface area contributed by atoms with Gasteiger partial charge in [0.2, 0.25) is 5.91 Å². The van der Waals surface area contributed by atoms with Crippen molar-refractivity contribution >= 4 is 17.3 Å². The van der Waals surface area contributed by atoms with Gasteiger partial charge in [-0.2, -0.15) is 0 Å². The normalized spacial score (nSPS) is 14.0. The fraction of sp³-hybridized carbons (Fsp3) is 0.316. The molecule has 5 nitrogen and oxygen atoms in total. The highest BCUT2D eigenvalue weighted by Gasteiger charge is 2.16. The molecule has 2 aromatic carbocycles. The van der Waals surface area contributed by atoms with Crippen molar-refractivity contribution in [3.05, 3.63) is 47.5 Å². The SMILES string of the molecule is Cc1cc(C)cc(N[C@@H](C)C(=O)Nc2ccc3c(c2)OCCO3)c1. The molecule has 0 bridgehead atoms. The molecular weight excluding hydrogens is 304 g/mol. The van der Waals surface area contributed by atoms with Crippen molar-refractivity contribution in [3.8, 4) is 11.5 Å². The third-order valence-electron chi connectivity index (χ3n) is 3.81. The van der Waals surface area contributed by atoms with Crippen molar-refractivity contribution in [1.29, 1.82) is 0 Å². The lowest BCUT2D eigenvalue weighted by Gasteiger charge is -2.20. The van der Waals surface area contributed by atoms with Crippen LogP contribution in [0.4, 0.5) is 11.4 Å². The summed E-state index contributed by atoms with van der Waals surface area (Å²) in [5, 5.41) is 6.14. The average Bonchev–Trinajstić information content (AvgIpc) is 2.53. The fourth-order valence-electron chi connectivity index (χ4n) is 2.75. The van der Waals surface area contributed by atoms with E-state index < -0.39 is 0 Å². The third kappa shape index (κ3) is 3.79. The van der Waals surface area contributed by atoms with E-state index in [0.717, 1.165) is 16.8 Å². The van der Waals surface area contributed by atoms with Crippen LogP contribution in [-0.4, -0.2) is 25.2 Å².